The van der Waals surface area contributed by atoms with Crippen molar-refractivity contribution in [3.8, 4) is 0 Å². The van der Waals surface area contributed by atoms with Crippen LogP contribution in [0.15, 0.2) is 29.2 Å². The van der Waals surface area contributed by atoms with Gasteiger partial charge in [0.2, 0.25) is 16.1 Å². The number of carbonyl (C=O) groups excluding carboxylic acids is 1. The lowest BCUT2D eigenvalue weighted by Crippen LogP contribution is -2.45. The highest BCUT2D eigenvalue weighted by atomic mass is 32.2. The molecule has 2 rings (SSSR count). The lowest BCUT2D eigenvalue weighted by Gasteiger charge is -2.32. The summed E-state index contributed by atoms with van der Waals surface area (Å²) in [7, 11) is -3.82. The van der Waals surface area contributed by atoms with E-state index in [4.69, 9.17) is 5.11 Å². The van der Waals surface area contributed by atoms with Crippen molar-refractivity contribution in [3.63, 3.8) is 0 Å². The largest absolute Gasteiger partial charge is 0.434 e. The average molecular weight is 428 g/mol. The molecule has 12 heteroatoms. The first-order chi connectivity index (χ1) is 13.0. The van der Waals surface area contributed by atoms with Gasteiger partial charge in [-0.05, 0) is 43.0 Å². The molecule has 28 heavy (non-hydrogen) atoms. The fourth-order valence-corrected chi connectivity index (χ4v) is 3.76. The minimum atomic E-state index is -4.86. The van der Waals surface area contributed by atoms with Crippen LogP contribution in [0.3, 0.4) is 0 Å². The van der Waals surface area contributed by atoms with E-state index < -0.39 is 40.8 Å². The summed E-state index contributed by atoms with van der Waals surface area (Å²) in [6, 6.07) is 4.32. The van der Waals surface area contributed by atoms with Crippen LogP contribution in [0.25, 0.3) is 0 Å². The number of amides is 1. The van der Waals surface area contributed by atoms with Crippen molar-refractivity contribution in [1.29, 1.82) is 0 Å². The first kappa shape index (κ1) is 22.4. The molecule has 1 heterocycles. The van der Waals surface area contributed by atoms with Crippen LogP contribution in [0, 0.1) is 11.7 Å². The maximum absolute atomic E-state index is 12.9. The number of carbonyl (C=O) groups is 1. The molecule has 158 valence electrons. The average Bonchev–Trinajstić information content (AvgIpc) is 2.64. The molecular weight excluding hydrogens is 408 g/mol. The van der Waals surface area contributed by atoms with Crippen LogP contribution in [0.4, 0.5) is 22.4 Å². The maximum Gasteiger partial charge on any atom is 0.427 e. The summed E-state index contributed by atoms with van der Waals surface area (Å²) in [5.41, 5.74) is 0. The Morgan fingerprint density at radius 2 is 1.82 bits per heavy atom. The standard InChI is InChI=1S/C16H20F4N2O5S/c17-12-1-3-13(4-2-12)28(25,26)21-9-11-5-7-22(8-6-11)15(24)27-14(10-23)16(18,19)20/h1-4,11,14,21,23H,5-10H2. The SMILES string of the molecule is O=C(OC(CO)C(F)(F)F)N1CCC(CNS(=O)(=O)c2ccc(F)cc2)CC1. The lowest BCUT2D eigenvalue weighted by atomic mass is 9.97. The number of aliphatic hydroxyl groups is 1. The van der Waals surface area contributed by atoms with Crippen molar-refractivity contribution >= 4 is 16.1 Å². The summed E-state index contributed by atoms with van der Waals surface area (Å²) >= 11 is 0. The van der Waals surface area contributed by atoms with Crippen molar-refractivity contribution in [3.05, 3.63) is 30.1 Å². The molecular formula is C16H20F4N2O5S. The third-order valence-electron chi connectivity index (χ3n) is 4.33. The van der Waals surface area contributed by atoms with Crippen LogP contribution in [-0.4, -0.2) is 63.0 Å². The third kappa shape index (κ3) is 6.04. The van der Waals surface area contributed by atoms with Gasteiger partial charge in [-0.3, -0.25) is 0 Å². The number of sulfonamides is 1. The molecule has 1 aromatic rings. The highest BCUT2D eigenvalue weighted by Crippen LogP contribution is 2.24. The van der Waals surface area contributed by atoms with Crippen LogP contribution in [0.5, 0.6) is 0 Å². The molecule has 0 aliphatic carbocycles. The zero-order chi connectivity index (χ0) is 20.9. The molecule has 1 fully saturated rings. The van der Waals surface area contributed by atoms with Gasteiger partial charge in [0.25, 0.3) is 0 Å². The summed E-state index contributed by atoms with van der Waals surface area (Å²) in [5, 5.41) is 8.70. The molecule has 0 saturated carbocycles. The Hall–Kier alpha value is -1.92. The second kappa shape index (κ2) is 9.05. The first-order valence-electron chi connectivity index (χ1n) is 8.41. The van der Waals surface area contributed by atoms with Gasteiger partial charge in [-0.25, -0.2) is 22.3 Å². The Labute approximate surface area is 159 Å². The summed E-state index contributed by atoms with van der Waals surface area (Å²) in [5.74, 6) is -0.692. The van der Waals surface area contributed by atoms with E-state index in [1.54, 1.807) is 0 Å². The Kier molecular flexibility index (Phi) is 7.23. The van der Waals surface area contributed by atoms with E-state index in [2.05, 4.69) is 9.46 Å². The number of alkyl halides is 3. The van der Waals surface area contributed by atoms with E-state index in [1.807, 2.05) is 0 Å². The summed E-state index contributed by atoms with van der Waals surface area (Å²) in [6.45, 7) is -1.10. The maximum atomic E-state index is 12.9. The van der Waals surface area contributed by atoms with E-state index in [1.165, 1.54) is 0 Å². The number of aliphatic hydroxyl groups excluding tert-OH is 1. The van der Waals surface area contributed by atoms with Gasteiger partial charge in [0, 0.05) is 19.6 Å². The van der Waals surface area contributed by atoms with E-state index in [0.29, 0.717) is 12.8 Å². The van der Waals surface area contributed by atoms with Gasteiger partial charge in [0.1, 0.15) is 5.82 Å². The molecule has 0 bridgehead atoms. The Morgan fingerprint density at radius 3 is 2.32 bits per heavy atom. The predicted molar refractivity (Wildman–Crippen MR) is 89.3 cm³/mol. The van der Waals surface area contributed by atoms with Crippen molar-refractivity contribution in [2.24, 2.45) is 5.92 Å². The summed E-state index contributed by atoms with van der Waals surface area (Å²) < 4.78 is 81.5. The molecule has 1 saturated heterocycles. The Bertz CT molecular complexity index is 762. The van der Waals surface area contributed by atoms with Crippen LogP contribution < -0.4 is 4.72 Å². The lowest BCUT2D eigenvalue weighted by molar-refractivity contribution is -0.214. The van der Waals surface area contributed by atoms with Crippen molar-refractivity contribution in [2.75, 3.05) is 26.2 Å². The Morgan fingerprint density at radius 1 is 1.25 bits per heavy atom. The van der Waals surface area contributed by atoms with Gasteiger partial charge in [-0.1, -0.05) is 0 Å². The highest BCUT2D eigenvalue weighted by molar-refractivity contribution is 7.89. The number of benzene rings is 1. The summed E-state index contributed by atoms with van der Waals surface area (Å²) in [6.07, 6.45) is -7.91. The van der Waals surface area contributed by atoms with E-state index in [0.717, 1.165) is 29.2 Å². The van der Waals surface area contributed by atoms with Gasteiger partial charge < -0.3 is 14.7 Å². The van der Waals surface area contributed by atoms with Crippen LogP contribution >= 0.6 is 0 Å². The molecule has 0 spiro atoms. The molecule has 0 radical (unpaired) electrons. The molecule has 0 aromatic heterocycles. The number of hydrogen-bond donors (Lipinski definition) is 2. The molecule has 1 unspecified atom stereocenters. The molecule has 2 N–H and O–H groups in total. The quantitative estimate of drug-likeness (QED) is 0.675. The molecule has 7 nitrogen and oxygen atoms in total. The molecule has 1 amide bonds. The smallest absolute Gasteiger partial charge is 0.427 e. The molecule has 1 atom stereocenters. The van der Waals surface area contributed by atoms with Crippen molar-refractivity contribution in [2.45, 2.75) is 30.0 Å². The summed E-state index contributed by atoms with van der Waals surface area (Å²) in [4.78, 5) is 12.8. The van der Waals surface area contributed by atoms with Crippen molar-refractivity contribution < 1.29 is 40.6 Å². The van der Waals surface area contributed by atoms with Gasteiger partial charge in [-0.15, -0.1) is 0 Å². The van der Waals surface area contributed by atoms with Gasteiger partial charge in [0.05, 0.1) is 11.5 Å². The minimum absolute atomic E-state index is 0.0738. The number of piperidine rings is 1. The fraction of sp³-hybridized carbons (Fsp3) is 0.562. The highest BCUT2D eigenvalue weighted by Gasteiger charge is 2.43. The topological polar surface area (TPSA) is 95.9 Å². The fourth-order valence-electron chi connectivity index (χ4n) is 2.65. The number of rotatable bonds is 6. The number of ether oxygens (including phenoxy) is 1. The molecule has 1 aliphatic heterocycles. The normalized spacial score (nSPS) is 17.4. The zero-order valence-corrected chi connectivity index (χ0v) is 15.5. The monoisotopic (exact) mass is 428 g/mol. The number of hydrogen-bond acceptors (Lipinski definition) is 5. The first-order valence-corrected chi connectivity index (χ1v) is 9.89. The Balaban J connectivity index is 1.82. The second-order valence-electron chi connectivity index (χ2n) is 6.33. The second-order valence-corrected chi connectivity index (χ2v) is 8.10. The molecule has 1 aliphatic rings. The van der Waals surface area contributed by atoms with Gasteiger partial charge >= 0.3 is 12.3 Å². The van der Waals surface area contributed by atoms with Crippen LogP contribution in [0.1, 0.15) is 12.8 Å². The van der Waals surface area contributed by atoms with Crippen molar-refractivity contribution in [1.82, 2.24) is 9.62 Å². The number of nitrogens with zero attached hydrogens (tertiary/aromatic N) is 1. The van der Waals surface area contributed by atoms with E-state index in [9.17, 15) is 30.8 Å². The van der Waals surface area contributed by atoms with Gasteiger partial charge in [-0.2, -0.15) is 13.2 Å². The number of halogens is 4. The van der Waals surface area contributed by atoms with Crippen LogP contribution in [0.2, 0.25) is 0 Å². The van der Waals surface area contributed by atoms with E-state index in [-0.39, 0.29) is 30.4 Å². The van der Waals surface area contributed by atoms with Gasteiger partial charge in [0.15, 0.2) is 0 Å². The predicted octanol–water partition coefficient (Wildman–Crippen LogP) is 1.88. The number of nitrogens with one attached hydrogen (secondary N) is 1. The third-order valence-corrected chi connectivity index (χ3v) is 5.77. The van der Waals surface area contributed by atoms with Crippen LogP contribution in [-0.2, 0) is 14.8 Å². The number of likely N-dealkylation sites (tertiary alicyclic amines) is 1. The van der Waals surface area contributed by atoms with E-state index >= 15 is 0 Å². The zero-order valence-electron chi connectivity index (χ0n) is 14.7. The molecule has 1 aromatic carbocycles. The minimum Gasteiger partial charge on any atom is -0.434 e.